The number of nitriles is 1. The Labute approximate surface area is 110 Å². The van der Waals surface area contributed by atoms with E-state index in [-0.39, 0.29) is 11.3 Å². The third kappa shape index (κ3) is 2.75. The van der Waals surface area contributed by atoms with Gasteiger partial charge in [0, 0.05) is 6.07 Å². The van der Waals surface area contributed by atoms with E-state index in [1.807, 2.05) is 6.07 Å². The van der Waals surface area contributed by atoms with Crippen LogP contribution in [-0.2, 0) is 0 Å². The summed E-state index contributed by atoms with van der Waals surface area (Å²) in [5.74, 6) is 0.123. The van der Waals surface area contributed by atoms with Crippen molar-refractivity contribution >= 4 is 17.1 Å². The number of anilines is 3. The monoisotopic (exact) mass is 257 g/mol. The van der Waals surface area contributed by atoms with Gasteiger partial charge in [0.1, 0.15) is 11.6 Å². The summed E-state index contributed by atoms with van der Waals surface area (Å²) in [5.41, 5.74) is 7.38. The molecule has 2 aromatic carbocycles. The van der Waals surface area contributed by atoms with Crippen molar-refractivity contribution in [3.63, 3.8) is 0 Å². The van der Waals surface area contributed by atoms with Crippen LogP contribution in [0.25, 0.3) is 0 Å². The van der Waals surface area contributed by atoms with Gasteiger partial charge in [0.2, 0.25) is 0 Å². The molecular formula is C14H12FN3O. The Morgan fingerprint density at radius 3 is 2.53 bits per heavy atom. The maximum Gasteiger partial charge on any atom is 0.147 e. The van der Waals surface area contributed by atoms with E-state index in [0.29, 0.717) is 17.1 Å². The summed E-state index contributed by atoms with van der Waals surface area (Å²) in [6.07, 6.45) is 0. The van der Waals surface area contributed by atoms with E-state index in [4.69, 9.17) is 15.7 Å². The first-order valence-corrected chi connectivity index (χ1v) is 5.54. The second-order valence-electron chi connectivity index (χ2n) is 3.88. The van der Waals surface area contributed by atoms with E-state index in [1.165, 1.54) is 18.2 Å². The predicted molar refractivity (Wildman–Crippen MR) is 71.8 cm³/mol. The maximum atomic E-state index is 13.7. The molecule has 0 heterocycles. The summed E-state index contributed by atoms with van der Waals surface area (Å²) in [6, 6.07) is 11.1. The molecule has 0 aliphatic heterocycles. The second kappa shape index (κ2) is 5.27. The molecular weight excluding hydrogens is 245 g/mol. The quantitative estimate of drug-likeness (QED) is 0.829. The van der Waals surface area contributed by atoms with Crippen LogP contribution in [0.3, 0.4) is 0 Å². The van der Waals surface area contributed by atoms with E-state index in [2.05, 4.69) is 5.32 Å². The number of nitrogens with one attached hydrogen (secondary N) is 1. The first-order valence-electron chi connectivity index (χ1n) is 5.54. The molecule has 0 amide bonds. The fourth-order valence-corrected chi connectivity index (χ4v) is 1.61. The fraction of sp³-hybridized carbons (Fsp3) is 0.0714. The molecule has 3 N–H and O–H groups in total. The number of halogens is 1. The first kappa shape index (κ1) is 12.7. The Bertz CT molecular complexity index is 650. The van der Waals surface area contributed by atoms with Gasteiger partial charge in [-0.05, 0) is 30.3 Å². The number of hydrogen-bond acceptors (Lipinski definition) is 4. The first-order chi connectivity index (χ1) is 9.13. The van der Waals surface area contributed by atoms with Crippen LogP contribution in [0, 0.1) is 17.1 Å². The lowest BCUT2D eigenvalue weighted by molar-refractivity contribution is 0.415. The van der Waals surface area contributed by atoms with Crippen LogP contribution in [0.4, 0.5) is 21.5 Å². The van der Waals surface area contributed by atoms with Crippen molar-refractivity contribution < 1.29 is 9.13 Å². The minimum atomic E-state index is -0.505. The van der Waals surface area contributed by atoms with Crippen LogP contribution >= 0.6 is 0 Å². The van der Waals surface area contributed by atoms with Gasteiger partial charge in [-0.3, -0.25) is 0 Å². The molecule has 4 nitrogen and oxygen atoms in total. The van der Waals surface area contributed by atoms with Crippen molar-refractivity contribution in [3.8, 4) is 11.8 Å². The third-order valence-corrected chi connectivity index (χ3v) is 2.63. The number of benzene rings is 2. The van der Waals surface area contributed by atoms with Crippen LogP contribution in [0.15, 0.2) is 36.4 Å². The molecule has 2 aromatic rings. The zero-order valence-electron chi connectivity index (χ0n) is 10.3. The van der Waals surface area contributed by atoms with E-state index in [1.54, 1.807) is 25.3 Å². The Hall–Kier alpha value is -2.74. The average molecular weight is 257 g/mol. The zero-order valence-corrected chi connectivity index (χ0v) is 10.3. The molecule has 0 aromatic heterocycles. The van der Waals surface area contributed by atoms with E-state index in [0.717, 1.165) is 0 Å². The van der Waals surface area contributed by atoms with Crippen LogP contribution in [0.2, 0.25) is 0 Å². The van der Waals surface area contributed by atoms with Gasteiger partial charge in [-0.25, -0.2) is 4.39 Å². The summed E-state index contributed by atoms with van der Waals surface area (Å²) in [5, 5.41) is 11.6. The van der Waals surface area contributed by atoms with Crippen molar-refractivity contribution in [2.45, 2.75) is 0 Å². The van der Waals surface area contributed by atoms with E-state index >= 15 is 0 Å². The highest BCUT2D eigenvalue weighted by molar-refractivity contribution is 5.74. The lowest BCUT2D eigenvalue weighted by Crippen LogP contribution is -1.99. The fourth-order valence-electron chi connectivity index (χ4n) is 1.61. The highest BCUT2D eigenvalue weighted by Gasteiger charge is 2.06. The lowest BCUT2D eigenvalue weighted by Gasteiger charge is -2.11. The minimum Gasteiger partial charge on any atom is -0.497 e. The lowest BCUT2D eigenvalue weighted by atomic mass is 10.2. The number of ether oxygens (including phenoxy) is 1. The van der Waals surface area contributed by atoms with Gasteiger partial charge in [-0.1, -0.05) is 0 Å². The van der Waals surface area contributed by atoms with Crippen molar-refractivity contribution in [2.24, 2.45) is 0 Å². The summed E-state index contributed by atoms with van der Waals surface area (Å²) < 4.78 is 18.8. The molecule has 0 saturated heterocycles. The number of nitrogen functional groups attached to an aromatic ring is 1. The van der Waals surface area contributed by atoms with Crippen LogP contribution in [0.5, 0.6) is 5.75 Å². The van der Waals surface area contributed by atoms with E-state index < -0.39 is 5.82 Å². The molecule has 0 aliphatic rings. The van der Waals surface area contributed by atoms with Crippen molar-refractivity contribution in [1.29, 1.82) is 5.26 Å². The summed E-state index contributed by atoms with van der Waals surface area (Å²) in [6.45, 7) is 0. The number of nitrogens with two attached hydrogens (primary N) is 1. The molecule has 19 heavy (non-hydrogen) atoms. The molecule has 0 fully saturated rings. The minimum absolute atomic E-state index is 0.260. The molecule has 0 atom stereocenters. The number of hydrogen-bond donors (Lipinski definition) is 2. The number of methoxy groups -OCH3 is 1. The third-order valence-electron chi connectivity index (χ3n) is 2.63. The molecule has 0 radical (unpaired) electrons. The summed E-state index contributed by atoms with van der Waals surface area (Å²) in [4.78, 5) is 0. The number of rotatable bonds is 3. The smallest absolute Gasteiger partial charge is 0.147 e. The number of nitrogens with zero attached hydrogens (tertiary/aromatic N) is 1. The Morgan fingerprint density at radius 1 is 1.21 bits per heavy atom. The van der Waals surface area contributed by atoms with Gasteiger partial charge in [0.25, 0.3) is 0 Å². The standard InChI is InChI=1S/C14H12FN3O/c1-19-10-3-5-14(12(17)7-10)18-13-4-2-9(8-16)6-11(13)15/h2-7,18H,17H2,1H3. The average Bonchev–Trinajstić information content (AvgIpc) is 2.42. The molecule has 0 aliphatic carbocycles. The molecule has 0 saturated carbocycles. The Kier molecular flexibility index (Phi) is 3.53. The van der Waals surface area contributed by atoms with Gasteiger partial charge in [0.15, 0.2) is 0 Å². The largest absolute Gasteiger partial charge is 0.497 e. The molecule has 96 valence electrons. The van der Waals surface area contributed by atoms with Gasteiger partial charge in [-0.15, -0.1) is 0 Å². The summed E-state index contributed by atoms with van der Waals surface area (Å²) >= 11 is 0. The van der Waals surface area contributed by atoms with Crippen molar-refractivity contribution in [3.05, 3.63) is 47.8 Å². The Morgan fingerprint density at radius 2 is 1.95 bits per heavy atom. The van der Waals surface area contributed by atoms with Crippen molar-refractivity contribution in [2.75, 3.05) is 18.2 Å². The molecule has 2 rings (SSSR count). The van der Waals surface area contributed by atoms with Gasteiger partial charge >= 0.3 is 0 Å². The van der Waals surface area contributed by atoms with Crippen LogP contribution in [-0.4, -0.2) is 7.11 Å². The SMILES string of the molecule is COc1ccc(Nc2ccc(C#N)cc2F)c(N)c1. The van der Waals surface area contributed by atoms with Gasteiger partial charge < -0.3 is 15.8 Å². The summed E-state index contributed by atoms with van der Waals surface area (Å²) in [7, 11) is 1.54. The Balaban J connectivity index is 2.29. The maximum absolute atomic E-state index is 13.7. The van der Waals surface area contributed by atoms with Crippen LogP contribution in [0.1, 0.15) is 5.56 Å². The second-order valence-corrected chi connectivity index (χ2v) is 3.88. The van der Waals surface area contributed by atoms with Crippen molar-refractivity contribution in [1.82, 2.24) is 0 Å². The topological polar surface area (TPSA) is 71.1 Å². The zero-order chi connectivity index (χ0) is 13.8. The predicted octanol–water partition coefficient (Wildman–Crippen LogP) is 3.03. The molecule has 0 bridgehead atoms. The highest BCUT2D eigenvalue weighted by Crippen LogP contribution is 2.28. The molecule has 0 spiro atoms. The normalized spacial score (nSPS) is 9.74. The van der Waals surface area contributed by atoms with Crippen LogP contribution < -0.4 is 15.8 Å². The van der Waals surface area contributed by atoms with Gasteiger partial charge in [0.05, 0.1) is 35.8 Å². The molecule has 0 unspecified atom stereocenters. The molecule has 5 heteroatoms. The van der Waals surface area contributed by atoms with E-state index in [9.17, 15) is 4.39 Å². The van der Waals surface area contributed by atoms with Gasteiger partial charge in [-0.2, -0.15) is 5.26 Å². The highest BCUT2D eigenvalue weighted by atomic mass is 19.1.